The summed E-state index contributed by atoms with van der Waals surface area (Å²) >= 11 is 0. The van der Waals surface area contributed by atoms with Gasteiger partial charge in [0.2, 0.25) is 0 Å². The number of para-hydroxylation sites is 1. The van der Waals surface area contributed by atoms with Crippen LogP contribution in [-0.2, 0) is 11.4 Å². The molecular weight excluding hydrogens is 218 g/mol. The summed E-state index contributed by atoms with van der Waals surface area (Å²) in [5, 5.41) is 10.1. The van der Waals surface area contributed by atoms with E-state index in [1.165, 1.54) is 0 Å². The molecule has 0 radical (unpaired) electrons. The molecular formula is C13H11NO3. The number of hydrogen-bond donors (Lipinski definition) is 1. The van der Waals surface area contributed by atoms with Crippen molar-refractivity contribution in [2.45, 2.75) is 6.61 Å². The summed E-state index contributed by atoms with van der Waals surface area (Å²) in [7, 11) is 0. The van der Waals surface area contributed by atoms with Crippen LogP contribution in [0.4, 0.5) is 5.69 Å². The van der Waals surface area contributed by atoms with Crippen LogP contribution in [0.5, 0.6) is 11.5 Å². The first kappa shape index (κ1) is 10.1. The van der Waals surface area contributed by atoms with Gasteiger partial charge < -0.3 is 4.74 Å². The Morgan fingerprint density at radius 2 is 1.88 bits per heavy atom. The molecule has 3 rings (SSSR count). The van der Waals surface area contributed by atoms with Crippen molar-refractivity contribution >= 4 is 5.69 Å². The Labute approximate surface area is 98.5 Å². The number of ether oxygens (including phenoxy) is 1. The zero-order valence-electron chi connectivity index (χ0n) is 9.04. The molecule has 4 nitrogen and oxygen atoms in total. The molecule has 0 bridgehead atoms. The first-order valence-corrected chi connectivity index (χ1v) is 5.31. The predicted octanol–water partition coefficient (Wildman–Crippen LogP) is 3.12. The number of anilines is 1. The monoisotopic (exact) mass is 229 g/mol. The smallest absolute Gasteiger partial charge is 0.127 e. The number of nitrogens with zero attached hydrogens (tertiary/aromatic N) is 1. The second-order valence-electron chi connectivity index (χ2n) is 3.75. The van der Waals surface area contributed by atoms with Gasteiger partial charge in [0.15, 0.2) is 0 Å². The van der Waals surface area contributed by atoms with Gasteiger partial charge in [-0.3, -0.25) is 5.21 Å². The van der Waals surface area contributed by atoms with Crippen LogP contribution in [-0.4, -0.2) is 5.21 Å². The van der Waals surface area contributed by atoms with E-state index in [1.807, 2.05) is 36.4 Å². The maximum Gasteiger partial charge on any atom is 0.127 e. The molecule has 0 fully saturated rings. The molecule has 0 amide bonds. The van der Waals surface area contributed by atoms with E-state index in [-0.39, 0.29) is 0 Å². The number of fused-ring (bicyclic) bond motifs is 1. The summed E-state index contributed by atoms with van der Waals surface area (Å²) in [4.78, 5) is 4.96. The molecule has 0 saturated carbocycles. The zero-order chi connectivity index (χ0) is 11.7. The average molecular weight is 229 g/mol. The van der Waals surface area contributed by atoms with Crippen LogP contribution in [0.1, 0.15) is 5.56 Å². The highest BCUT2D eigenvalue weighted by Crippen LogP contribution is 2.32. The standard InChI is InChI=1S/C13H11NO3/c15-14-13-7-6-12(8-10(13)9-16-14)17-11-4-2-1-3-5-11/h1-8,15H,9H2. The Morgan fingerprint density at radius 1 is 1.06 bits per heavy atom. The van der Waals surface area contributed by atoms with Crippen molar-refractivity contribution in [1.82, 2.24) is 0 Å². The summed E-state index contributed by atoms with van der Waals surface area (Å²) in [6.45, 7) is 0.359. The lowest BCUT2D eigenvalue weighted by Crippen LogP contribution is -2.10. The van der Waals surface area contributed by atoms with Crippen LogP contribution < -0.4 is 9.96 Å². The van der Waals surface area contributed by atoms with Crippen molar-refractivity contribution < 1.29 is 14.8 Å². The van der Waals surface area contributed by atoms with Gasteiger partial charge in [0.05, 0.1) is 0 Å². The van der Waals surface area contributed by atoms with E-state index in [1.54, 1.807) is 12.1 Å². The maximum atomic E-state index is 9.33. The van der Waals surface area contributed by atoms with E-state index < -0.39 is 0 Å². The molecule has 0 atom stereocenters. The lowest BCUT2D eigenvalue weighted by molar-refractivity contribution is -0.0329. The number of benzene rings is 2. The number of hydrogen-bond acceptors (Lipinski definition) is 4. The predicted molar refractivity (Wildman–Crippen MR) is 62.0 cm³/mol. The first-order valence-electron chi connectivity index (χ1n) is 5.31. The molecule has 0 unspecified atom stereocenters. The molecule has 17 heavy (non-hydrogen) atoms. The molecule has 1 N–H and O–H groups in total. The van der Waals surface area contributed by atoms with Crippen molar-refractivity contribution in [3.05, 3.63) is 54.1 Å². The highest BCUT2D eigenvalue weighted by atomic mass is 16.9. The van der Waals surface area contributed by atoms with Crippen LogP contribution in [0.25, 0.3) is 0 Å². The van der Waals surface area contributed by atoms with Crippen LogP contribution in [0.2, 0.25) is 0 Å². The molecule has 86 valence electrons. The molecule has 2 aromatic rings. The highest BCUT2D eigenvalue weighted by molar-refractivity contribution is 5.55. The minimum atomic E-state index is 0.359. The summed E-state index contributed by atoms with van der Waals surface area (Å²) in [5.41, 5.74) is 1.56. The third kappa shape index (κ3) is 1.95. The van der Waals surface area contributed by atoms with Gasteiger partial charge in [-0.1, -0.05) is 18.2 Å². The Balaban J connectivity index is 1.86. The van der Waals surface area contributed by atoms with E-state index in [0.29, 0.717) is 12.3 Å². The van der Waals surface area contributed by atoms with E-state index in [9.17, 15) is 5.21 Å². The molecule has 1 aliphatic heterocycles. The second-order valence-corrected chi connectivity index (χ2v) is 3.75. The van der Waals surface area contributed by atoms with E-state index in [0.717, 1.165) is 22.3 Å². The van der Waals surface area contributed by atoms with Gasteiger partial charge in [-0.15, -0.1) is 5.23 Å². The van der Waals surface area contributed by atoms with Crippen LogP contribution in [0.3, 0.4) is 0 Å². The van der Waals surface area contributed by atoms with E-state index in [2.05, 4.69) is 0 Å². The topological polar surface area (TPSA) is 41.9 Å². The first-order chi connectivity index (χ1) is 8.33. The highest BCUT2D eigenvalue weighted by Gasteiger charge is 2.19. The van der Waals surface area contributed by atoms with Gasteiger partial charge in [0, 0.05) is 5.56 Å². The summed E-state index contributed by atoms with van der Waals surface area (Å²) in [6, 6.07) is 15.0. The number of rotatable bonds is 2. The van der Waals surface area contributed by atoms with Gasteiger partial charge in [0.1, 0.15) is 23.8 Å². The van der Waals surface area contributed by atoms with Crippen LogP contribution in [0.15, 0.2) is 48.5 Å². The molecule has 2 aromatic carbocycles. The Morgan fingerprint density at radius 3 is 2.71 bits per heavy atom. The fourth-order valence-corrected chi connectivity index (χ4v) is 1.75. The lowest BCUT2D eigenvalue weighted by atomic mass is 10.2. The maximum absolute atomic E-state index is 9.33. The average Bonchev–Trinajstić information content (AvgIpc) is 2.72. The minimum absolute atomic E-state index is 0.359. The van der Waals surface area contributed by atoms with Crippen molar-refractivity contribution in [2.75, 3.05) is 5.23 Å². The quantitative estimate of drug-likeness (QED) is 0.859. The zero-order valence-corrected chi connectivity index (χ0v) is 9.04. The van der Waals surface area contributed by atoms with Crippen molar-refractivity contribution in [3.8, 4) is 11.5 Å². The Kier molecular flexibility index (Phi) is 2.44. The lowest BCUT2D eigenvalue weighted by Gasteiger charge is -2.08. The molecule has 0 saturated heterocycles. The van der Waals surface area contributed by atoms with Gasteiger partial charge in [0.25, 0.3) is 0 Å². The van der Waals surface area contributed by atoms with Gasteiger partial charge in [-0.25, -0.2) is 4.84 Å². The third-order valence-electron chi connectivity index (χ3n) is 2.58. The second kappa shape index (κ2) is 4.08. The Hall–Kier alpha value is -2.04. The largest absolute Gasteiger partial charge is 0.457 e. The molecule has 0 spiro atoms. The van der Waals surface area contributed by atoms with Gasteiger partial charge in [-0.05, 0) is 30.3 Å². The van der Waals surface area contributed by atoms with Gasteiger partial charge in [-0.2, -0.15) is 0 Å². The molecule has 1 heterocycles. The molecule has 1 aliphatic rings. The minimum Gasteiger partial charge on any atom is -0.457 e. The van der Waals surface area contributed by atoms with E-state index >= 15 is 0 Å². The van der Waals surface area contributed by atoms with Gasteiger partial charge >= 0.3 is 0 Å². The summed E-state index contributed by atoms with van der Waals surface area (Å²) in [5.74, 6) is 1.51. The SMILES string of the molecule is ON1OCc2cc(Oc3ccccc3)ccc21. The fraction of sp³-hybridized carbons (Fsp3) is 0.0769. The fourth-order valence-electron chi connectivity index (χ4n) is 1.75. The van der Waals surface area contributed by atoms with Crippen molar-refractivity contribution in [1.29, 1.82) is 0 Å². The van der Waals surface area contributed by atoms with Crippen LogP contribution >= 0.6 is 0 Å². The van der Waals surface area contributed by atoms with Crippen LogP contribution in [0, 0.1) is 0 Å². The normalized spacial score (nSPS) is 13.6. The molecule has 0 aromatic heterocycles. The van der Waals surface area contributed by atoms with E-state index in [4.69, 9.17) is 9.57 Å². The molecule has 4 heteroatoms. The summed E-state index contributed by atoms with van der Waals surface area (Å²) < 4.78 is 5.68. The Bertz CT molecular complexity index is 527. The summed E-state index contributed by atoms with van der Waals surface area (Å²) in [6.07, 6.45) is 0. The molecule has 0 aliphatic carbocycles. The third-order valence-corrected chi connectivity index (χ3v) is 2.58. The van der Waals surface area contributed by atoms with Crippen molar-refractivity contribution in [3.63, 3.8) is 0 Å². The van der Waals surface area contributed by atoms with Crippen molar-refractivity contribution in [2.24, 2.45) is 0 Å².